The summed E-state index contributed by atoms with van der Waals surface area (Å²) in [5.74, 6) is -0.146. The lowest BCUT2D eigenvalue weighted by Crippen LogP contribution is -2.02. The maximum absolute atomic E-state index is 10.5. The number of hydrogen-bond donors (Lipinski definition) is 1. The number of ether oxygens (including phenoxy) is 1. The quantitative estimate of drug-likeness (QED) is 0.529. The molecule has 0 bridgehead atoms. The van der Waals surface area contributed by atoms with Gasteiger partial charge in [-0.25, -0.2) is 0 Å². The van der Waals surface area contributed by atoms with Crippen LogP contribution >= 0.6 is 0 Å². The van der Waals surface area contributed by atoms with E-state index in [-0.39, 0.29) is 5.75 Å². The van der Waals surface area contributed by atoms with Gasteiger partial charge in [-0.3, -0.25) is 9.59 Å². The lowest BCUT2D eigenvalue weighted by molar-refractivity contribution is -0.131. The number of nitrogens with one attached hydrogen (secondary N) is 1. The summed E-state index contributed by atoms with van der Waals surface area (Å²) < 4.78 is 4.76. The number of aryl methyl sites for hydroxylation is 1. The van der Waals surface area contributed by atoms with Gasteiger partial charge >= 0.3 is 5.97 Å². The van der Waals surface area contributed by atoms with Gasteiger partial charge in [0.15, 0.2) is 12.0 Å². The topological polar surface area (TPSA) is 59.2 Å². The first-order valence-electron chi connectivity index (χ1n) is 3.46. The summed E-state index contributed by atoms with van der Waals surface area (Å²) in [4.78, 5) is 23.7. The van der Waals surface area contributed by atoms with Crippen LogP contribution in [0.4, 0.5) is 0 Å². The molecule has 1 heterocycles. The molecule has 0 fully saturated rings. The van der Waals surface area contributed by atoms with Crippen LogP contribution in [-0.2, 0) is 4.79 Å². The van der Waals surface area contributed by atoms with Gasteiger partial charge in [0.05, 0.1) is 0 Å². The molecule has 0 saturated heterocycles. The largest absolute Gasteiger partial charge is 0.424 e. The third-order valence-electron chi connectivity index (χ3n) is 1.32. The Hall–Kier alpha value is -1.58. The zero-order valence-corrected chi connectivity index (χ0v) is 6.88. The van der Waals surface area contributed by atoms with Crippen molar-refractivity contribution < 1.29 is 14.3 Å². The summed E-state index contributed by atoms with van der Waals surface area (Å²) in [7, 11) is 0. The van der Waals surface area contributed by atoms with E-state index in [4.69, 9.17) is 4.74 Å². The molecule has 12 heavy (non-hydrogen) atoms. The molecule has 0 spiro atoms. The summed E-state index contributed by atoms with van der Waals surface area (Å²) in [6.07, 6.45) is 0.616. The van der Waals surface area contributed by atoms with Gasteiger partial charge < -0.3 is 9.72 Å². The first-order chi connectivity index (χ1) is 5.63. The van der Waals surface area contributed by atoms with E-state index < -0.39 is 5.97 Å². The van der Waals surface area contributed by atoms with Crippen molar-refractivity contribution in [3.8, 4) is 5.75 Å². The second-order valence-electron chi connectivity index (χ2n) is 2.44. The summed E-state index contributed by atoms with van der Waals surface area (Å²) in [5, 5.41) is 0. The highest BCUT2D eigenvalue weighted by molar-refractivity contribution is 5.80. The fraction of sp³-hybridized carbons (Fsp3) is 0.250. The van der Waals surface area contributed by atoms with Crippen LogP contribution in [0.15, 0.2) is 6.07 Å². The van der Waals surface area contributed by atoms with Crippen LogP contribution in [0.1, 0.15) is 23.1 Å². The highest BCUT2D eigenvalue weighted by Gasteiger charge is 2.07. The molecular formula is C8H9NO3. The molecule has 0 amide bonds. The Morgan fingerprint density at radius 3 is 2.83 bits per heavy atom. The molecular weight excluding hydrogens is 158 g/mol. The van der Waals surface area contributed by atoms with Crippen LogP contribution in [0.25, 0.3) is 0 Å². The fourth-order valence-electron chi connectivity index (χ4n) is 0.911. The van der Waals surface area contributed by atoms with E-state index in [1.165, 1.54) is 6.92 Å². The molecule has 0 aliphatic heterocycles. The molecule has 0 saturated carbocycles. The van der Waals surface area contributed by atoms with E-state index in [9.17, 15) is 9.59 Å². The Balaban J connectivity index is 2.96. The molecule has 0 radical (unpaired) electrons. The Kier molecular flexibility index (Phi) is 2.28. The third-order valence-corrected chi connectivity index (χ3v) is 1.32. The zero-order chi connectivity index (χ0) is 9.14. The van der Waals surface area contributed by atoms with Gasteiger partial charge in [0, 0.05) is 18.7 Å². The Labute approximate surface area is 69.5 Å². The molecule has 0 aliphatic rings. The molecule has 0 atom stereocenters. The molecule has 4 heteroatoms. The van der Waals surface area contributed by atoms with Crippen molar-refractivity contribution in [1.82, 2.24) is 4.98 Å². The van der Waals surface area contributed by atoms with Gasteiger partial charge in [-0.15, -0.1) is 0 Å². The number of aldehydes is 1. The lowest BCUT2D eigenvalue weighted by Gasteiger charge is -1.96. The van der Waals surface area contributed by atoms with Gasteiger partial charge in [-0.05, 0) is 6.92 Å². The number of hydrogen-bond acceptors (Lipinski definition) is 3. The number of H-pyrrole nitrogens is 1. The normalized spacial score (nSPS) is 9.50. The van der Waals surface area contributed by atoms with Crippen molar-refractivity contribution in [3.05, 3.63) is 17.5 Å². The number of esters is 1. The van der Waals surface area contributed by atoms with Crippen LogP contribution < -0.4 is 4.74 Å². The van der Waals surface area contributed by atoms with Crippen LogP contribution in [0.5, 0.6) is 5.75 Å². The van der Waals surface area contributed by atoms with E-state index in [0.717, 1.165) is 5.69 Å². The van der Waals surface area contributed by atoms with E-state index in [2.05, 4.69) is 4.98 Å². The number of aromatic nitrogens is 1. The van der Waals surface area contributed by atoms with Gasteiger partial charge in [-0.1, -0.05) is 0 Å². The minimum Gasteiger partial charge on any atom is -0.424 e. The smallest absolute Gasteiger partial charge is 0.308 e. The predicted molar refractivity (Wildman–Crippen MR) is 42.2 cm³/mol. The minimum atomic E-state index is -0.433. The molecule has 0 unspecified atom stereocenters. The monoisotopic (exact) mass is 167 g/mol. The van der Waals surface area contributed by atoms with Crippen LogP contribution in [0.2, 0.25) is 0 Å². The van der Waals surface area contributed by atoms with E-state index in [0.29, 0.717) is 12.0 Å². The Morgan fingerprint density at radius 1 is 1.67 bits per heavy atom. The highest BCUT2D eigenvalue weighted by Crippen LogP contribution is 2.17. The first-order valence-corrected chi connectivity index (χ1v) is 3.46. The SMILES string of the molecule is CC(=O)Oc1cc(C)[nH]c1C=O. The maximum atomic E-state index is 10.5. The molecule has 1 aromatic heterocycles. The van der Waals surface area contributed by atoms with Gasteiger partial charge in [0.1, 0.15) is 5.69 Å². The van der Waals surface area contributed by atoms with Crippen molar-refractivity contribution in [2.75, 3.05) is 0 Å². The lowest BCUT2D eigenvalue weighted by atomic mass is 10.4. The van der Waals surface area contributed by atoms with Gasteiger partial charge in [0.2, 0.25) is 0 Å². The molecule has 0 aliphatic carbocycles. The van der Waals surface area contributed by atoms with E-state index in [1.54, 1.807) is 13.0 Å². The average Bonchev–Trinajstić information content (AvgIpc) is 2.29. The fourth-order valence-corrected chi connectivity index (χ4v) is 0.911. The Bertz CT molecular complexity index is 314. The molecule has 0 aromatic carbocycles. The number of carbonyl (C=O) groups excluding carboxylic acids is 2. The van der Waals surface area contributed by atoms with E-state index >= 15 is 0 Å². The minimum absolute atomic E-state index is 0.287. The molecule has 1 rings (SSSR count). The summed E-state index contributed by atoms with van der Waals surface area (Å²) in [6.45, 7) is 3.07. The van der Waals surface area contributed by atoms with Crippen molar-refractivity contribution in [1.29, 1.82) is 0 Å². The van der Waals surface area contributed by atoms with Gasteiger partial charge in [-0.2, -0.15) is 0 Å². The van der Waals surface area contributed by atoms with Crippen LogP contribution in [0.3, 0.4) is 0 Å². The van der Waals surface area contributed by atoms with Crippen molar-refractivity contribution >= 4 is 12.3 Å². The zero-order valence-electron chi connectivity index (χ0n) is 6.88. The third kappa shape index (κ3) is 1.72. The van der Waals surface area contributed by atoms with E-state index in [1.807, 2.05) is 0 Å². The summed E-state index contributed by atoms with van der Waals surface area (Å²) in [5.41, 5.74) is 1.08. The Morgan fingerprint density at radius 2 is 2.33 bits per heavy atom. The highest BCUT2D eigenvalue weighted by atomic mass is 16.5. The average molecular weight is 167 g/mol. The summed E-state index contributed by atoms with van der Waals surface area (Å²) >= 11 is 0. The predicted octanol–water partition coefficient (Wildman–Crippen LogP) is 1.06. The standard InChI is InChI=1S/C8H9NO3/c1-5-3-8(12-6(2)11)7(4-10)9-5/h3-4,9H,1-2H3. The first kappa shape index (κ1) is 8.52. The molecule has 64 valence electrons. The van der Waals surface area contributed by atoms with Crippen molar-refractivity contribution in [2.24, 2.45) is 0 Å². The van der Waals surface area contributed by atoms with Crippen LogP contribution in [-0.4, -0.2) is 17.2 Å². The molecule has 1 aromatic rings. The maximum Gasteiger partial charge on any atom is 0.308 e. The van der Waals surface area contributed by atoms with Crippen LogP contribution in [0, 0.1) is 6.92 Å². The van der Waals surface area contributed by atoms with Crippen molar-refractivity contribution in [3.63, 3.8) is 0 Å². The van der Waals surface area contributed by atoms with Gasteiger partial charge in [0.25, 0.3) is 0 Å². The molecule has 4 nitrogen and oxygen atoms in total. The summed E-state index contributed by atoms with van der Waals surface area (Å²) in [6, 6.07) is 1.60. The second-order valence-corrected chi connectivity index (χ2v) is 2.44. The second kappa shape index (κ2) is 3.21. The number of rotatable bonds is 2. The number of aromatic amines is 1. The van der Waals surface area contributed by atoms with Crippen molar-refractivity contribution in [2.45, 2.75) is 13.8 Å². The number of carbonyl (C=O) groups is 2. The molecule has 1 N–H and O–H groups in total.